The summed E-state index contributed by atoms with van der Waals surface area (Å²) in [7, 11) is 0. The van der Waals surface area contributed by atoms with Gasteiger partial charge in [-0.15, -0.1) is 0 Å². The molecule has 0 aromatic carbocycles. The normalized spacial score (nSPS) is 14.4. The van der Waals surface area contributed by atoms with Crippen LogP contribution in [0.3, 0.4) is 0 Å². The predicted octanol–water partition coefficient (Wildman–Crippen LogP) is 5.88. The van der Waals surface area contributed by atoms with Gasteiger partial charge in [0.25, 0.3) is 0 Å². The van der Waals surface area contributed by atoms with Crippen molar-refractivity contribution in [2.75, 3.05) is 13.2 Å². The molecule has 0 aromatic rings. The highest BCUT2D eigenvalue weighted by atomic mass is 16.5. The highest BCUT2D eigenvalue weighted by molar-refractivity contribution is 6.00. The second kappa shape index (κ2) is 14.8. The maximum Gasteiger partial charge on any atom is 0.334 e. The van der Waals surface area contributed by atoms with Crippen LogP contribution in [0, 0.1) is 0 Å². The summed E-state index contributed by atoms with van der Waals surface area (Å²) >= 11 is 0. The van der Waals surface area contributed by atoms with Gasteiger partial charge in [0.2, 0.25) is 0 Å². The van der Waals surface area contributed by atoms with Gasteiger partial charge >= 0.3 is 11.9 Å². The van der Waals surface area contributed by atoms with Gasteiger partial charge in [-0.05, 0) is 38.5 Å². The molecule has 4 heteroatoms. The zero-order chi connectivity index (χ0) is 19.0. The summed E-state index contributed by atoms with van der Waals surface area (Å²) in [6, 6.07) is 0. The fraction of sp³-hybridized carbons (Fsp3) is 0.818. The number of rotatable bonds is 14. The number of hydrogen-bond donors (Lipinski definition) is 0. The Morgan fingerprint density at radius 1 is 0.654 bits per heavy atom. The Morgan fingerprint density at radius 2 is 1.04 bits per heavy atom. The maximum absolute atomic E-state index is 12.4. The molecule has 0 amide bonds. The zero-order valence-corrected chi connectivity index (χ0v) is 16.9. The molecule has 0 radical (unpaired) electrons. The number of unbranched alkanes of at least 4 members (excludes halogenated alkanes) is 8. The van der Waals surface area contributed by atoms with Crippen LogP contribution < -0.4 is 0 Å². The largest absolute Gasteiger partial charge is 0.462 e. The van der Waals surface area contributed by atoms with E-state index >= 15 is 0 Å². The Labute approximate surface area is 159 Å². The van der Waals surface area contributed by atoms with E-state index in [0.717, 1.165) is 38.5 Å². The minimum atomic E-state index is -0.310. The van der Waals surface area contributed by atoms with E-state index in [9.17, 15) is 9.59 Å². The molecular formula is C22H38O4. The minimum Gasteiger partial charge on any atom is -0.462 e. The molecule has 0 atom stereocenters. The molecule has 0 spiro atoms. The first-order chi connectivity index (χ1) is 12.7. The summed E-state index contributed by atoms with van der Waals surface area (Å²) in [5.41, 5.74) is 1.11. The van der Waals surface area contributed by atoms with Gasteiger partial charge in [-0.25, -0.2) is 9.59 Å². The van der Waals surface area contributed by atoms with Gasteiger partial charge in [-0.2, -0.15) is 0 Å². The lowest BCUT2D eigenvalue weighted by Crippen LogP contribution is -2.20. The second-order valence-corrected chi connectivity index (χ2v) is 7.26. The van der Waals surface area contributed by atoms with Gasteiger partial charge in [-0.1, -0.05) is 65.2 Å². The molecule has 1 aliphatic carbocycles. The molecule has 4 nitrogen and oxygen atoms in total. The molecule has 1 aliphatic rings. The minimum absolute atomic E-state index is 0.310. The van der Waals surface area contributed by atoms with Crippen LogP contribution in [0.15, 0.2) is 11.1 Å². The molecule has 150 valence electrons. The fourth-order valence-corrected chi connectivity index (χ4v) is 3.27. The standard InChI is InChI=1S/C22H38O4/c1-3-5-7-9-13-17-25-21(23)19-15-11-12-16-20(19)22(24)26-18-14-10-8-6-4-2/h3-18H2,1-2H3. The monoisotopic (exact) mass is 366 g/mol. The Balaban J connectivity index is 2.39. The third kappa shape index (κ3) is 9.40. The molecule has 0 aromatic heterocycles. The fourth-order valence-electron chi connectivity index (χ4n) is 3.27. The van der Waals surface area contributed by atoms with Crippen LogP contribution in [-0.4, -0.2) is 25.2 Å². The first kappa shape index (κ1) is 22.7. The highest BCUT2D eigenvalue weighted by Crippen LogP contribution is 2.27. The quantitative estimate of drug-likeness (QED) is 0.284. The molecule has 1 rings (SSSR count). The summed E-state index contributed by atoms with van der Waals surface area (Å²) in [4.78, 5) is 24.7. The van der Waals surface area contributed by atoms with Crippen LogP contribution >= 0.6 is 0 Å². The number of esters is 2. The van der Waals surface area contributed by atoms with Crippen molar-refractivity contribution in [3.63, 3.8) is 0 Å². The van der Waals surface area contributed by atoms with Crippen molar-refractivity contribution in [1.29, 1.82) is 0 Å². The molecule has 0 heterocycles. The molecule has 0 saturated heterocycles. The third-order valence-corrected chi connectivity index (χ3v) is 4.92. The number of hydrogen-bond acceptors (Lipinski definition) is 4. The lowest BCUT2D eigenvalue weighted by Gasteiger charge is -2.18. The van der Waals surface area contributed by atoms with Crippen LogP contribution in [0.4, 0.5) is 0 Å². The SMILES string of the molecule is CCCCCCCOC(=O)C1=C(C(=O)OCCCCCCC)CCCC1. The van der Waals surface area contributed by atoms with E-state index in [4.69, 9.17) is 9.47 Å². The maximum atomic E-state index is 12.4. The van der Waals surface area contributed by atoms with Crippen molar-refractivity contribution < 1.29 is 19.1 Å². The van der Waals surface area contributed by atoms with E-state index in [2.05, 4.69) is 13.8 Å². The molecule has 0 aliphatic heterocycles. The Morgan fingerprint density at radius 3 is 1.42 bits per heavy atom. The number of carbonyl (C=O) groups is 2. The van der Waals surface area contributed by atoms with Crippen molar-refractivity contribution in [3.05, 3.63) is 11.1 Å². The second-order valence-electron chi connectivity index (χ2n) is 7.26. The zero-order valence-electron chi connectivity index (χ0n) is 16.9. The van der Waals surface area contributed by atoms with Crippen molar-refractivity contribution in [3.8, 4) is 0 Å². The summed E-state index contributed by atoms with van der Waals surface area (Å²) in [5.74, 6) is -0.620. The van der Waals surface area contributed by atoms with E-state index in [-0.39, 0.29) is 11.9 Å². The van der Waals surface area contributed by atoms with Crippen LogP contribution in [0.5, 0.6) is 0 Å². The summed E-state index contributed by atoms with van der Waals surface area (Å²) in [6.45, 7) is 5.26. The average Bonchev–Trinajstić information content (AvgIpc) is 2.67. The van der Waals surface area contributed by atoms with E-state index in [1.807, 2.05) is 0 Å². The van der Waals surface area contributed by atoms with Gasteiger partial charge in [0.15, 0.2) is 0 Å². The van der Waals surface area contributed by atoms with Gasteiger partial charge in [0.05, 0.1) is 13.2 Å². The van der Waals surface area contributed by atoms with Crippen molar-refractivity contribution in [2.45, 2.75) is 104 Å². The lowest BCUT2D eigenvalue weighted by molar-refractivity contribution is -0.143. The van der Waals surface area contributed by atoms with Gasteiger partial charge in [0.1, 0.15) is 0 Å². The number of ether oxygens (including phenoxy) is 2. The van der Waals surface area contributed by atoms with Gasteiger partial charge in [0, 0.05) is 11.1 Å². The Kier molecular flexibility index (Phi) is 12.9. The average molecular weight is 367 g/mol. The van der Waals surface area contributed by atoms with Crippen LogP contribution in [0.1, 0.15) is 104 Å². The van der Waals surface area contributed by atoms with Crippen LogP contribution in [0.25, 0.3) is 0 Å². The molecule has 0 bridgehead atoms. The van der Waals surface area contributed by atoms with E-state index in [1.165, 1.54) is 38.5 Å². The molecular weight excluding hydrogens is 328 g/mol. The first-order valence-electron chi connectivity index (χ1n) is 10.8. The van der Waals surface area contributed by atoms with Gasteiger partial charge < -0.3 is 9.47 Å². The van der Waals surface area contributed by atoms with E-state index in [0.29, 0.717) is 37.2 Å². The molecule has 0 fully saturated rings. The third-order valence-electron chi connectivity index (χ3n) is 4.92. The van der Waals surface area contributed by atoms with Crippen molar-refractivity contribution in [1.82, 2.24) is 0 Å². The Hall–Kier alpha value is -1.32. The lowest BCUT2D eigenvalue weighted by atomic mass is 9.91. The predicted molar refractivity (Wildman–Crippen MR) is 105 cm³/mol. The van der Waals surface area contributed by atoms with E-state index < -0.39 is 0 Å². The molecule has 26 heavy (non-hydrogen) atoms. The molecule has 0 N–H and O–H groups in total. The van der Waals surface area contributed by atoms with E-state index in [1.54, 1.807) is 0 Å². The summed E-state index contributed by atoms with van der Waals surface area (Å²) in [5, 5.41) is 0. The van der Waals surface area contributed by atoms with Crippen LogP contribution in [-0.2, 0) is 19.1 Å². The summed E-state index contributed by atoms with van der Waals surface area (Å²) < 4.78 is 10.8. The number of carbonyl (C=O) groups excluding carboxylic acids is 2. The first-order valence-corrected chi connectivity index (χ1v) is 10.8. The molecule has 0 saturated carbocycles. The van der Waals surface area contributed by atoms with Crippen molar-refractivity contribution in [2.24, 2.45) is 0 Å². The topological polar surface area (TPSA) is 52.6 Å². The van der Waals surface area contributed by atoms with Crippen molar-refractivity contribution >= 4 is 11.9 Å². The highest BCUT2D eigenvalue weighted by Gasteiger charge is 2.25. The smallest absolute Gasteiger partial charge is 0.334 e. The Bertz CT molecular complexity index is 399. The van der Waals surface area contributed by atoms with Gasteiger partial charge in [-0.3, -0.25) is 0 Å². The van der Waals surface area contributed by atoms with Crippen LogP contribution in [0.2, 0.25) is 0 Å². The molecule has 0 unspecified atom stereocenters. The summed E-state index contributed by atoms with van der Waals surface area (Å²) in [6.07, 6.45) is 14.4.